The Morgan fingerprint density at radius 1 is 1.13 bits per heavy atom. The van der Waals surface area contributed by atoms with E-state index in [2.05, 4.69) is 30.9 Å². The Balaban J connectivity index is 1.95. The number of imidazole rings is 1. The van der Waals surface area contributed by atoms with Crippen molar-refractivity contribution in [2.45, 2.75) is 20.4 Å². The largest absolute Gasteiger partial charge is 0.496 e. The summed E-state index contributed by atoms with van der Waals surface area (Å²) in [6.07, 6.45) is 2.73. The third-order valence-corrected chi connectivity index (χ3v) is 5.06. The summed E-state index contributed by atoms with van der Waals surface area (Å²) in [6, 6.07) is 7.46. The van der Waals surface area contributed by atoms with E-state index in [1.54, 1.807) is 13.3 Å². The van der Waals surface area contributed by atoms with Gasteiger partial charge in [0, 0.05) is 21.8 Å². The summed E-state index contributed by atoms with van der Waals surface area (Å²) >= 11 is 3.46. The highest BCUT2D eigenvalue weighted by molar-refractivity contribution is 9.10. The Morgan fingerprint density at radius 3 is 2.70 bits per heavy atom. The van der Waals surface area contributed by atoms with Gasteiger partial charge in [0.25, 0.3) is 0 Å². The molecule has 0 aliphatic heterocycles. The number of hydrogen-bond acceptors (Lipinski definition) is 6. The van der Waals surface area contributed by atoms with Crippen LogP contribution in [0.15, 0.2) is 41.1 Å². The molecule has 0 saturated heterocycles. The zero-order valence-electron chi connectivity index (χ0n) is 16.7. The SMILES string of the molecule is CCOc1nc(C)c2nc(-c3cncc(F)c3)n(Cc3ccc(Br)cc3OC)c2n1. The first kappa shape index (κ1) is 20.2. The fourth-order valence-electron chi connectivity index (χ4n) is 3.23. The number of benzene rings is 1. The molecule has 0 aliphatic carbocycles. The molecule has 0 spiro atoms. The Labute approximate surface area is 181 Å². The fourth-order valence-corrected chi connectivity index (χ4v) is 3.57. The van der Waals surface area contributed by atoms with Crippen LogP contribution in [0.3, 0.4) is 0 Å². The van der Waals surface area contributed by atoms with Crippen LogP contribution >= 0.6 is 15.9 Å². The zero-order valence-corrected chi connectivity index (χ0v) is 18.3. The van der Waals surface area contributed by atoms with Crippen LogP contribution < -0.4 is 9.47 Å². The van der Waals surface area contributed by atoms with Gasteiger partial charge >= 0.3 is 6.01 Å². The first-order valence-corrected chi connectivity index (χ1v) is 10.1. The van der Waals surface area contributed by atoms with Crippen LogP contribution in [0.25, 0.3) is 22.6 Å². The summed E-state index contributed by atoms with van der Waals surface area (Å²) in [6.45, 7) is 4.57. The van der Waals surface area contributed by atoms with Gasteiger partial charge in [-0.05, 0) is 32.0 Å². The molecule has 0 fully saturated rings. The third-order valence-electron chi connectivity index (χ3n) is 4.56. The van der Waals surface area contributed by atoms with Gasteiger partial charge in [-0.3, -0.25) is 4.98 Å². The van der Waals surface area contributed by atoms with Gasteiger partial charge < -0.3 is 14.0 Å². The number of aryl methyl sites for hydroxylation is 1. The maximum atomic E-state index is 13.9. The molecular formula is C21H19BrFN5O2. The lowest BCUT2D eigenvalue weighted by molar-refractivity contribution is 0.313. The molecule has 0 bridgehead atoms. The predicted molar refractivity (Wildman–Crippen MR) is 114 cm³/mol. The summed E-state index contributed by atoms with van der Waals surface area (Å²) < 4.78 is 27.8. The highest BCUT2D eigenvalue weighted by atomic mass is 79.9. The van der Waals surface area contributed by atoms with Gasteiger partial charge in [-0.2, -0.15) is 9.97 Å². The quantitative estimate of drug-likeness (QED) is 0.410. The molecule has 154 valence electrons. The topological polar surface area (TPSA) is 75.0 Å². The summed E-state index contributed by atoms with van der Waals surface area (Å²) in [5, 5.41) is 0. The highest BCUT2D eigenvalue weighted by Gasteiger charge is 2.20. The minimum atomic E-state index is -0.440. The number of pyridine rings is 1. The maximum absolute atomic E-state index is 13.9. The summed E-state index contributed by atoms with van der Waals surface area (Å²) in [5.41, 5.74) is 3.35. The van der Waals surface area contributed by atoms with E-state index >= 15 is 0 Å². The number of aromatic nitrogens is 5. The molecule has 4 rings (SSSR count). The molecule has 0 unspecified atom stereocenters. The Bertz CT molecular complexity index is 1230. The normalized spacial score (nSPS) is 11.1. The third kappa shape index (κ3) is 3.85. The first-order valence-electron chi connectivity index (χ1n) is 9.31. The number of rotatable bonds is 6. The van der Waals surface area contributed by atoms with Crippen LogP contribution in [-0.2, 0) is 6.54 Å². The van der Waals surface area contributed by atoms with Crippen LogP contribution in [0.5, 0.6) is 11.8 Å². The molecule has 0 atom stereocenters. The predicted octanol–water partition coefficient (Wildman–Crippen LogP) is 4.55. The van der Waals surface area contributed by atoms with Crippen molar-refractivity contribution < 1.29 is 13.9 Å². The minimum absolute atomic E-state index is 0.273. The van der Waals surface area contributed by atoms with Crippen LogP contribution in [0.4, 0.5) is 4.39 Å². The van der Waals surface area contributed by atoms with Gasteiger partial charge in [0.05, 0.1) is 32.2 Å². The summed E-state index contributed by atoms with van der Waals surface area (Å²) in [7, 11) is 1.62. The lowest BCUT2D eigenvalue weighted by Crippen LogP contribution is -2.07. The molecule has 0 aliphatic rings. The second-order valence-corrected chi connectivity index (χ2v) is 7.48. The molecule has 3 aromatic heterocycles. The van der Waals surface area contributed by atoms with Gasteiger partial charge in [-0.1, -0.05) is 22.0 Å². The molecule has 0 saturated carbocycles. The van der Waals surface area contributed by atoms with E-state index < -0.39 is 5.82 Å². The van der Waals surface area contributed by atoms with Gasteiger partial charge in [0.1, 0.15) is 22.9 Å². The lowest BCUT2D eigenvalue weighted by Gasteiger charge is -2.13. The molecule has 9 heteroatoms. The zero-order chi connectivity index (χ0) is 21.3. The number of hydrogen-bond donors (Lipinski definition) is 0. The van der Waals surface area contributed by atoms with Crippen molar-refractivity contribution >= 4 is 27.1 Å². The van der Waals surface area contributed by atoms with Crippen molar-refractivity contribution in [3.8, 4) is 23.1 Å². The Kier molecular flexibility index (Phi) is 5.63. The number of halogens is 2. The number of nitrogens with zero attached hydrogens (tertiary/aromatic N) is 5. The van der Waals surface area contributed by atoms with Crippen molar-refractivity contribution in [1.82, 2.24) is 24.5 Å². The number of fused-ring (bicyclic) bond motifs is 1. The van der Waals surface area contributed by atoms with Gasteiger partial charge in [0.2, 0.25) is 0 Å². The Morgan fingerprint density at radius 2 is 1.97 bits per heavy atom. The van der Waals surface area contributed by atoms with Crippen LogP contribution in [0.2, 0.25) is 0 Å². The van der Waals surface area contributed by atoms with Crippen molar-refractivity contribution in [1.29, 1.82) is 0 Å². The van der Waals surface area contributed by atoms with E-state index in [1.807, 2.05) is 36.6 Å². The van der Waals surface area contributed by atoms with Gasteiger partial charge in [-0.25, -0.2) is 9.37 Å². The van der Waals surface area contributed by atoms with Crippen molar-refractivity contribution in [3.05, 3.63) is 58.2 Å². The second-order valence-electron chi connectivity index (χ2n) is 6.57. The van der Waals surface area contributed by atoms with Crippen molar-refractivity contribution in [2.75, 3.05) is 13.7 Å². The number of methoxy groups -OCH3 is 1. The molecule has 30 heavy (non-hydrogen) atoms. The van der Waals surface area contributed by atoms with E-state index in [4.69, 9.17) is 14.5 Å². The van der Waals surface area contributed by atoms with E-state index in [9.17, 15) is 4.39 Å². The van der Waals surface area contributed by atoms with E-state index in [-0.39, 0.29) is 6.01 Å². The van der Waals surface area contributed by atoms with E-state index in [0.717, 1.165) is 16.2 Å². The molecule has 3 heterocycles. The maximum Gasteiger partial charge on any atom is 0.318 e. The molecule has 1 aromatic carbocycles. The van der Waals surface area contributed by atoms with Gasteiger partial charge in [-0.15, -0.1) is 0 Å². The molecule has 0 radical (unpaired) electrons. The fraction of sp³-hybridized carbons (Fsp3) is 0.238. The standard InChI is InChI=1S/C21H19BrFN5O2/c1-4-30-21-25-12(2)18-20(27-21)28(11-13-5-6-15(22)8-17(13)29-3)19(26-18)14-7-16(23)10-24-9-14/h5-10H,4,11H2,1-3H3. The van der Waals surface area contributed by atoms with Crippen molar-refractivity contribution in [3.63, 3.8) is 0 Å². The molecular weight excluding hydrogens is 453 g/mol. The molecule has 0 N–H and O–H groups in total. The average Bonchev–Trinajstić information content (AvgIpc) is 3.08. The molecule has 4 aromatic rings. The van der Waals surface area contributed by atoms with E-state index in [0.29, 0.717) is 47.1 Å². The Hall–Kier alpha value is -3.07. The highest BCUT2D eigenvalue weighted by Crippen LogP contribution is 2.30. The summed E-state index contributed by atoms with van der Waals surface area (Å²) in [4.78, 5) is 17.6. The average molecular weight is 472 g/mol. The monoisotopic (exact) mass is 471 g/mol. The minimum Gasteiger partial charge on any atom is -0.496 e. The summed E-state index contributed by atoms with van der Waals surface area (Å²) in [5.74, 6) is 0.809. The van der Waals surface area contributed by atoms with Crippen LogP contribution in [-0.4, -0.2) is 38.2 Å². The second kappa shape index (κ2) is 8.35. The lowest BCUT2D eigenvalue weighted by atomic mass is 10.2. The van der Waals surface area contributed by atoms with Gasteiger partial charge in [0.15, 0.2) is 5.65 Å². The van der Waals surface area contributed by atoms with Crippen molar-refractivity contribution in [2.24, 2.45) is 0 Å². The smallest absolute Gasteiger partial charge is 0.318 e. The molecule has 7 nitrogen and oxygen atoms in total. The molecule has 0 amide bonds. The van der Waals surface area contributed by atoms with Crippen LogP contribution in [0, 0.1) is 12.7 Å². The van der Waals surface area contributed by atoms with Crippen LogP contribution in [0.1, 0.15) is 18.2 Å². The number of ether oxygens (including phenoxy) is 2. The first-order chi connectivity index (χ1) is 14.5. The van der Waals surface area contributed by atoms with E-state index in [1.165, 1.54) is 6.07 Å².